The van der Waals surface area contributed by atoms with Crippen molar-refractivity contribution in [1.29, 1.82) is 0 Å². The van der Waals surface area contributed by atoms with Gasteiger partial charge in [-0.1, -0.05) is 6.07 Å². The van der Waals surface area contributed by atoms with Gasteiger partial charge >= 0.3 is 0 Å². The van der Waals surface area contributed by atoms with Gasteiger partial charge in [-0.3, -0.25) is 14.9 Å². The Balaban J connectivity index is 1.93. The van der Waals surface area contributed by atoms with E-state index in [0.29, 0.717) is 23.6 Å². The molecular formula is C22H22N2O5. The predicted octanol–water partition coefficient (Wildman–Crippen LogP) is 5.40. The van der Waals surface area contributed by atoms with Crippen LogP contribution in [0, 0.1) is 24.0 Å². The zero-order valence-corrected chi connectivity index (χ0v) is 16.7. The molecule has 2 aromatic carbocycles. The molecular weight excluding hydrogens is 372 g/mol. The fourth-order valence-electron chi connectivity index (χ4n) is 3.07. The van der Waals surface area contributed by atoms with Crippen molar-refractivity contribution < 1.29 is 18.9 Å². The summed E-state index contributed by atoms with van der Waals surface area (Å²) < 4.78 is 11.3. The lowest BCUT2D eigenvalue weighted by molar-refractivity contribution is -0.384. The molecule has 0 bridgehead atoms. The number of non-ortho nitro benzene ring substituents is 1. The average Bonchev–Trinajstić information content (AvgIpc) is 3.03. The molecule has 29 heavy (non-hydrogen) atoms. The molecule has 0 saturated heterocycles. The Morgan fingerprint density at radius 2 is 2.00 bits per heavy atom. The third kappa shape index (κ3) is 4.29. The van der Waals surface area contributed by atoms with E-state index in [0.717, 1.165) is 27.7 Å². The van der Waals surface area contributed by atoms with Gasteiger partial charge in [0.05, 0.1) is 23.5 Å². The van der Waals surface area contributed by atoms with Gasteiger partial charge in [-0.25, -0.2) is 0 Å². The highest BCUT2D eigenvalue weighted by molar-refractivity contribution is 6.05. The quantitative estimate of drug-likeness (QED) is 0.343. The van der Waals surface area contributed by atoms with Crippen molar-refractivity contribution in [2.45, 2.75) is 27.7 Å². The number of nitro groups is 1. The van der Waals surface area contributed by atoms with Gasteiger partial charge in [0.1, 0.15) is 11.3 Å². The molecule has 0 atom stereocenters. The highest BCUT2D eigenvalue weighted by Crippen LogP contribution is 2.33. The number of nitrogens with one attached hydrogen (secondary N) is 1. The summed E-state index contributed by atoms with van der Waals surface area (Å²) in [5.41, 5.74) is 4.27. The third-order valence-electron chi connectivity index (χ3n) is 4.63. The molecule has 0 unspecified atom stereocenters. The molecule has 1 amide bonds. The summed E-state index contributed by atoms with van der Waals surface area (Å²) in [6, 6.07) is 8.12. The number of carbonyl (C=O) groups is 1. The number of hydrogen-bond acceptors (Lipinski definition) is 5. The summed E-state index contributed by atoms with van der Waals surface area (Å²) in [4.78, 5) is 23.1. The van der Waals surface area contributed by atoms with Gasteiger partial charge in [-0.05, 0) is 50.5 Å². The number of anilines is 1. The van der Waals surface area contributed by atoms with E-state index in [-0.39, 0.29) is 11.6 Å². The zero-order chi connectivity index (χ0) is 21.1. The first kappa shape index (κ1) is 20.1. The van der Waals surface area contributed by atoms with Gasteiger partial charge in [0, 0.05) is 35.2 Å². The number of carbonyl (C=O) groups excluding carboxylic acids is 1. The Labute approximate surface area is 168 Å². The van der Waals surface area contributed by atoms with Crippen LogP contribution in [0.2, 0.25) is 0 Å². The maximum atomic E-state index is 12.6. The first-order valence-corrected chi connectivity index (χ1v) is 9.19. The molecule has 0 aliphatic carbocycles. The molecule has 0 spiro atoms. The van der Waals surface area contributed by atoms with E-state index in [1.807, 2.05) is 32.9 Å². The number of rotatable bonds is 6. The van der Waals surface area contributed by atoms with Crippen molar-refractivity contribution in [1.82, 2.24) is 0 Å². The van der Waals surface area contributed by atoms with Crippen LogP contribution < -0.4 is 10.1 Å². The standard InChI is InChI=1S/C22H22N2O5/c1-5-28-20-11-21-18(15(4)12-29-21)10-17(20)14(3)8-22(25)23-19-9-16(24(26)27)7-6-13(19)2/h6-12H,5H2,1-4H3,(H,23,25)/b14-8+. The SMILES string of the molecule is CCOc1cc2occ(C)c2cc1/C(C)=C/C(=O)Nc1cc([N+](=O)[O-])ccc1C. The van der Waals surface area contributed by atoms with E-state index in [4.69, 9.17) is 9.15 Å². The lowest BCUT2D eigenvalue weighted by atomic mass is 10.0. The number of nitro benzene ring substituents is 1. The molecule has 7 heteroatoms. The van der Waals surface area contributed by atoms with E-state index in [9.17, 15) is 14.9 Å². The van der Waals surface area contributed by atoms with Gasteiger partial charge in [0.15, 0.2) is 0 Å². The molecule has 3 rings (SSSR count). The second-order valence-corrected chi connectivity index (χ2v) is 6.77. The van der Waals surface area contributed by atoms with Crippen LogP contribution in [0.15, 0.2) is 47.1 Å². The molecule has 0 radical (unpaired) electrons. The van der Waals surface area contributed by atoms with Crippen molar-refractivity contribution in [3.63, 3.8) is 0 Å². The van der Waals surface area contributed by atoms with Crippen LogP contribution in [-0.4, -0.2) is 17.4 Å². The first-order valence-electron chi connectivity index (χ1n) is 9.19. The van der Waals surface area contributed by atoms with E-state index < -0.39 is 4.92 Å². The summed E-state index contributed by atoms with van der Waals surface area (Å²) in [5, 5.41) is 14.7. The topological polar surface area (TPSA) is 94.6 Å². The minimum Gasteiger partial charge on any atom is -0.493 e. The van der Waals surface area contributed by atoms with Crippen molar-refractivity contribution in [3.8, 4) is 5.75 Å². The average molecular weight is 394 g/mol. The van der Waals surface area contributed by atoms with Crippen LogP contribution in [0.25, 0.3) is 16.5 Å². The van der Waals surface area contributed by atoms with Crippen LogP contribution >= 0.6 is 0 Å². The van der Waals surface area contributed by atoms with E-state index in [1.54, 1.807) is 19.3 Å². The lowest BCUT2D eigenvalue weighted by Crippen LogP contribution is -2.10. The van der Waals surface area contributed by atoms with Crippen molar-refractivity contribution in [3.05, 3.63) is 69.5 Å². The second kappa shape index (κ2) is 8.18. The molecule has 0 aliphatic rings. The number of furan rings is 1. The third-order valence-corrected chi connectivity index (χ3v) is 4.63. The van der Waals surface area contributed by atoms with Gasteiger partial charge in [0.2, 0.25) is 5.91 Å². The van der Waals surface area contributed by atoms with Gasteiger partial charge in [-0.2, -0.15) is 0 Å². The summed E-state index contributed by atoms with van der Waals surface area (Å²) in [5.74, 6) is 0.250. The number of hydrogen-bond donors (Lipinski definition) is 1. The molecule has 3 aromatic rings. The fourth-order valence-corrected chi connectivity index (χ4v) is 3.07. The maximum Gasteiger partial charge on any atom is 0.271 e. The number of aryl methyl sites for hydroxylation is 2. The number of fused-ring (bicyclic) bond motifs is 1. The molecule has 0 aliphatic heterocycles. The van der Waals surface area contributed by atoms with Crippen molar-refractivity contribution in [2.75, 3.05) is 11.9 Å². The van der Waals surface area contributed by atoms with Crippen LogP contribution in [0.5, 0.6) is 5.75 Å². The van der Waals surface area contributed by atoms with E-state index >= 15 is 0 Å². The maximum absolute atomic E-state index is 12.6. The molecule has 0 fully saturated rings. The smallest absolute Gasteiger partial charge is 0.271 e. The minimum absolute atomic E-state index is 0.0777. The number of amides is 1. The zero-order valence-electron chi connectivity index (χ0n) is 16.7. The summed E-state index contributed by atoms with van der Waals surface area (Å²) in [6.45, 7) is 7.91. The lowest BCUT2D eigenvalue weighted by Gasteiger charge is -2.12. The number of benzene rings is 2. The number of allylic oxidation sites excluding steroid dienone is 1. The summed E-state index contributed by atoms with van der Waals surface area (Å²) >= 11 is 0. The first-order chi connectivity index (χ1) is 13.8. The highest BCUT2D eigenvalue weighted by atomic mass is 16.6. The van der Waals surface area contributed by atoms with Crippen LogP contribution in [0.3, 0.4) is 0 Å². The van der Waals surface area contributed by atoms with Crippen molar-refractivity contribution in [2.24, 2.45) is 0 Å². The van der Waals surface area contributed by atoms with E-state index in [2.05, 4.69) is 5.32 Å². The Morgan fingerprint density at radius 3 is 2.69 bits per heavy atom. The van der Waals surface area contributed by atoms with Crippen LogP contribution in [-0.2, 0) is 4.79 Å². The number of ether oxygens (including phenoxy) is 1. The molecule has 1 heterocycles. The van der Waals surface area contributed by atoms with Gasteiger partial charge < -0.3 is 14.5 Å². The fraction of sp³-hybridized carbons (Fsp3) is 0.227. The largest absolute Gasteiger partial charge is 0.493 e. The monoisotopic (exact) mass is 394 g/mol. The Morgan fingerprint density at radius 1 is 1.24 bits per heavy atom. The molecule has 7 nitrogen and oxygen atoms in total. The van der Waals surface area contributed by atoms with Crippen LogP contribution in [0.4, 0.5) is 11.4 Å². The summed E-state index contributed by atoms with van der Waals surface area (Å²) in [6.07, 6.45) is 3.14. The second-order valence-electron chi connectivity index (χ2n) is 6.77. The highest BCUT2D eigenvalue weighted by Gasteiger charge is 2.14. The van der Waals surface area contributed by atoms with Crippen LogP contribution in [0.1, 0.15) is 30.5 Å². The summed E-state index contributed by atoms with van der Waals surface area (Å²) in [7, 11) is 0. The van der Waals surface area contributed by atoms with Gasteiger partial charge in [-0.15, -0.1) is 0 Å². The predicted molar refractivity (Wildman–Crippen MR) is 112 cm³/mol. The Bertz CT molecular complexity index is 1130. The van der Waals surface area contributed by atoms with Gasteiger partial charge in [0.25, 0.3) is 5.69 Å². The molecule has 0 saturated carbocycles. The molecule has 1 N–H and O–H groups in total. The minimum atomic E-state index is -0.493. The molecule has 150 valence electrons. The Hall–Kier alpha value is -3.61. The molecule has 1 aromatic heterocycles. The van der Waals surface area contributed by atoms with Crippen molar-refractivity contribution >= 4 is 33.8 Å². The van der Waals surface area contributed by atoms with E-state index in [1.165, 1.54) is 18.2 Å². The Kier molecular flexibility index (Phi) is 5.68. The number of nitrogens with zero attached hydrogens (tertiary/aromatic N) is 1. The normalized spacial score (nSPS) is 11.5.